The Morgan fingerprint density at radius 1 is 1.27 bits per heavy atom. The summed E-state index contributed by atoms with van der Waals surface area (Å²) in [6.07, 6.45) is 0. The molecule has 0 radical (unpaired) electrons. The summed E-state index contributed by atoms with van der Waals surface area (Å²) >= 11 is 0. The number of rotatable bonds is 6. The molecule has 0 aliphatic rings. The van der Waals surface area contributed by atoms with Gasteiger partial charge >= 0.3 is 0 Å². The number of hydrogen-bond donors (Lipinski definition) is 4. The van der Waals surface area contributed by atoms with Gasteiger partial charge in [-0.05, 0) is 30.7 Å². The average Bonchev–Trinajstić information content (AvgIpc) is 2.20. The molecule has 0 fully saturated rings. The van der Waals surface area contributed by atoms with Crippen molar-refractivity contribution in [3.05, 3.63) is 23.8 Å². The lowest BCUT2D eigenvalue weighted by atomic mass is 10.2. The lowest BCUT2D eigenvalue weighted by Crippen LogP contribution is -2.25. The number of nitrogens with two attached hydrogens (primary N) is 1. The third-order valence-corrected chi connectivity index (χ3v) is 2.16. The van der Waals surface area contributed by atoms with Crippen LogP contribution in [0.25, 0.3) is 0 Å². The van der Waals surface area contributed by atoms with Crippen LogP contribution in [-0.4, -0.2) is 31.3 Å². The van der Waals surface area contributed by atoms with Gasteiger partial charge in [0.05, 0.1) is 6.61 Å². The second-order valence-electron chi connectivity index (χ2n) is 3.47. The van der Waals surface area contributed by atoms with E-state index in [4.69, 9.17) is 10.8 Å². The van der Waals surface area contributed by atoms with E-state index in [9.17, 15) is 0 Å². The molecule has 0 aliphatic heterocycles. The number of aliphatic hydroxyl groups excluding tert-OH is 1. The Labute approximate surface area is 90.5 Å². The molecule has 0 bridgehead atoms. The van der Waals surface area contributed by atoms with Crippen LogP contribution in [0.4, 0.5) is 11.4 Å². The van der Waals surface area contributed by atoms with Gasteiger partial charge in [-0.2, -0.15) is 0 Å². The van der Waals surface area contributed by atoms with E-state index < -0.39 is 0 Å². The van der Waals surface area contributed by atoms with Gasteiger partial charge in [0.25, 0.3) is 0 Å². The highest BCUT2D eigenvalue weighted by molar-refractivity contribution is 5.57. The van der Waals surface area contributed by atoms with Crippen LogP contribution in [0.1, 0.15) is 5.56 Å². The van der Waals surface area contributed by atoms with E-state index in [2.05, 4.69) is 10.6 Å². The van der Waals surface area contributed by atoms with Gasteiger partial charge in [-0.3, -0.25) is 0 Å². The molecule has 0 unspecified atom stereocenters. The van der Waals surface area contributed by atoms with Crippen LogP contribution in [0.5, 0.6) is 0 Å². The van der Waals surface area contributed by atoms with Crippen molar-refractivity contribution in [1.29, 1.82) is 0 Å². The van der Waals surface area contributed by atoms with Crippen molar-refractivity contribution in [2.75, 3.05) is 37.3 Å². The molecule has 0 saturated heterocycles. The molecule has 1 aromatic carbocycles. The number of nitrogens with one attached hydrogen (secondary N) is 2. The fourth-order valence-electron chi connectivity index (χ4n) is 1.37. The topological polar surface area (TPSA) is 70.3 Å². The van der Waals surface area contributed by atoms with Crippen molar-refractivity contribution in [1.82, 2.24) is 5.32 Å². The van der Waals surface area contributed by atoms with Gasteiger partial charge in [-0.1, -0.05) is 0 Å². The predicted molar refractivity (Wildman–Crippen MR) is 64.0 cm³/mol. The zero-order chi connectivity index (χ0) is 11.1. The SMILES string of the molecule is Cc1cc(N)ccc1NCCNCCO. The number of aryl methyl sites for hydroxylation is 1. The average molecular weight is 209 g/mol. The molecule has 0 atom stereocenters. The van der Waals surface area contributed by atoms with E-state index in [0.717, 1.165) is 30.0 Å². The van der Waals surface area contributed by atoms with Gasteiger partial charge in [-0.25, -0.2) is 0 Å². The molecule has 0 aliphatic carbocycles. The molecule has 0 spiro atoms. The molecule has 1 aromatic rings. The molecule has 0 aromatic heterocycles. The first-order valence-electron chi connectivity index (χ1n) is 5.15. The minimum absolute atomic E-state index is 0.181. The summed E-state index contributed by atoms with van der Waals surface area (Å²) in [5.41, 5.74) is 8.70. The highest BCUT2D eigenvalue weighted by Gasteiger charge is 1.96. The predicted octanol–water partition coefficient (Wildman–Crippen LogP) is 0.571. The third-order valence-electron chi connectivity index (χ3n) is 2.16. The van der Waals surface area contributed by atoms with E-state index in [-0.39, 0.29) is 6.61 Å². The van der Waals surface area contributed by atoms with Crippen LogP contribution < -0.4 is 16.4 Å². The Morgan fingerprint density at radius 3 is 2.73 bits per heavy atom. The summed E-state index contributed by atoms with van der Waals surface area (Å²) < 4.78 is 0. The molecular formula is C11H19N3O. The van der Waals surface area contributed by atoms with Crippen LogP contribution in [0, 0.1) is 6.92 Å². The van der Waals surface area contributed by atoms with Gasteiger partial charge in [-0.15, -0.1) is 0 Å². The second kappa shape index (κ2) is 6.27. The highest BCUT2D eigenvalue weighted by atomic mass is 16.3. The Balaban J connectivity index is 2.31. The van der Waals surface area contributed by atoms with Crippen molar-refractivity contribution < 1.29 is 5.11 Å². The summed E-state index contributed by atoms with van der Waals surface area (Å²) in [7, 11) is 0. The maximum Gasteiger partial charge on any atom is 0.0555 e. The van der Waals surface area contributed by atoms with E-state index in [0.29, 0.717) is 6.54 Å². The van der Waals surface area contributed by atoms with Gasteiger partial charge in [0.1, 0.15) is 0 Å². The standard InChI is InChI=1S/C11H19N3O/c1-9-8-10(12)2-3-11(9)14-5-4-13-6-7-15/h2-3,8,13-15H,4-7,12H2,1H3. The molecule has 4 heteroatoms. The lowest BCUT2D eigenvalue weighted by molar-refractivity contribution is 0.293. The largest absolute Gasteiger partial charge is 0.399 e. The zero-order valence-electron chi connectivity index (χ0n) is 9.09. The van der Waals surface area contributed by atoms with Crippen molar-refractivity contribution in [3.63, 3.8) is 0 Å². The quantitative estimate of drug-likeness (QED) is 0.408. The normalized spacial score (nSPS) is 10.3. The summed E-state index contributed by atoms with van der Waals surface area (Å²) in [6.45, 7) is 4.53. The molecule has 15 heavy (non-hydrogen) atoms. The van der Waals surface area contributed by atoms with Gasteiger partial charge < -0.3 is 21.5 Å². The summed E-state index contributed by atoms with van der Waals surface area (Å²) in [5.74, 6) is 0. The number of hydrogen-bond acceptors (Lipinski definition) is 4. The number of nitrogen functional groups attached to an aromatic ring is 1. The Bertz CT molecular complexity index is 302. The first-order chi connectivity index (χ1) is 7.24. The van der Waals surface area contributed by atoms with E-state index in [1.807, 2.05) is 25.1 Å². The van der Waals surface area contributed by atoms with Crippen LogP contribution >= 0.6 is 0 Å². The van der Waals surface area contributed by atoms with Gasteiger partial charge in [0, 0.05) is 31.0 Å². The van der Waals surface area contributed by atoms with E-state index in [1.54, 1.807) is 0 Å². The van der Waals surface area contributed by atoms with Crippen LogP contribution in [0.15, 0.2) is 18.2 Å². The molecule has 1 rings (SSSR count). The monoisotopic (exact) mass is 209 g/mol. The summed E-state index contributed by atoms with van der Waals surface area (Å²) in [6, 6.07) is 5.82. The zero-order valence-corrected chi connectivity index (χ0v) is 9.09. The Hall–Kier alpha value is -1.26. The number of anilines is 2. The fraction of sp³-hybridized carbons (Fsp3) is 0.455. The molecule has 4 nitrogen and oxygen atoms in total. The Kier molecular flexibility index (Phi) is 4.93. The first kappa shape index (κ1) is 11.8. The highest BCUT2D eigenvalue weighted by Crippen LogP contribution is 2.16. The molecule has 5 N–H and O–H groups in total. The molecule has 0 amide bonds. The van der Waals surface area contributed by atoms with Crippen molar-refractivity contribution in [2.24, 2.45) is 0 Å². The second-order valence-corrected chi connectivity index (χ2v) is 3.47. The number of aliphatic hydroxyl groups is 1. The molecule has 0 saturated carbocycles. The van der Waals surface area contributed by atoms with Crippen molar-refractivity contribution in [3.8, 4) is 0 Å². The molecule has 0 heterocycles. The van der Waals surface area contributed by atoms with E-state index in [1.165, 1.54) is 0 Å². The van der Waals surface area contributed by atoms with Crippen LogP contribution in [-0.2, 0) is 0 Å². The smallest absolute Gasteiger partial charge is 0.0555 e. The summed E-state index contributed by atoms with van der Waals surface area (Å²) in [5, 5.41) is 15.0. The third kappa shape index (κ3) is 4.18. The minimum Gasteiger partial charge on any atom is -0.399 e. The fourth-order valence-corrected chi connectivity index (χ4v) is 1.37. The van der Waals surface area contributed by atoms with E-state index >= 15 is 0 Å². The lowest BCUT2D eigenvalue weighted by Gasteiger charge is -2.10. The van der Waals surface area contributed by atoms with Gasteiger partial charge in [0.2, 0.25) is 0 Å². The summed E-state index contributed by atoms with van der Waals surface area (Å²) in [4.78, 5) is 0. The maximum absolute atomic E-state index is 8.56. The van der Waals surface area contributed by atoms with Crippen LogP contribution in [0.3, 0.4) is 0 Å². The number of benzene rings is 1. The molecular weight excluding hydrogens is 190 g/mol. The molecule has 84 valence electrons. The minimum atomic E-state index is 0.181. The first-order valence-corrected chi connectivity index (χ1v) is 5.15. The van der Waals surface area contributed by atoms with Crippen molar-refractivity contribution in [2.45, 2.75) is 6.92 Å². The van der Waals surface area contributed by atoms with Crippen LogP contribution in [0.2, 0.25) is 0 Å². The van der Waals surface area contributed by atoms with Crippen molar-refractivity contribution >= 4 is 11.4 Å². The Morgan fingerprint density at radius 2 is 2.07 bits per heavy atom. The maximum atomic E-state index is 8.56. The van der Waals surface area contributed by atoms with Gasteiger partial charge in [0.15, 0.2) is 0 Å².